The van der Waals surface area contributed by atoms with Crippen LogP contribution in [-0.4, -0.2) is 12.2 Å². The molecule has 4 aliphatic rings. The molecule has 0 aromatic heterocycles. The molecule has 3 aliphatic carbocycles. The average Bonchev–Trinajstić information content (AvgIpc) is 2.28. The molecule has 3 saturated carbocycles. The van der Waals surface area contributed by atoms with Crippen LogP contribution in [0.5, 0.6) is 0 Å². The van der Waals surface area contributed by atoms with Gasteiger partial charge in [-0.05, 0) is 43.4 Å². The minimum atomic E-state index is 0.194. The fourth-order valence-corrected chi connectivity index (χ4v) is 3.58. The van der Waals surface area contributed by atoms with Crippen LogP contribution >= 0.6 is 0 Å². The summed E-state index contributed by atoms with van der Waals surface area (Å²) in [4.78, 5) is 0. The molecule has 0 spiro atoms. The topological polar surface area (TPSA) is 18.5 Å². The molecule has 2 heteroatoms. The highest BCUT2D eigenvalue weighted by Gasteiger charge is 2.49. The van der Waals surface area contributed by atoms with Crippen molar-refractivity contribution < 1.29 is 9.47 Å². The van der Waals surface area contributed by atoms with Crippen molar-refractivity contribution in [3.05, 3.63) is 13.2 Å². The lowest BCUT2D eigenvalue weighted by Gasteiger charge is -2.52. The molecule has 4 rings (SSSR count). The molecule has 0 aromatic rings. The van der Waals surface area contributed by atoms with Crippen LogP contribution in [0.1, 0.15) is 52.4 Å². The Morgan fingerprint density at radius 3 is 2.35 bits per heavy atom. The maximum atomic E-state index is 6.10. The van der Waals surface area contributed by atoms with Crippen LogP contribution in [-0.2, 0) is 9.47 Å². The van der Waals surface area contributed by atoms with Crippen LogP contribution in [0.25, 0.3) is 0 Å². The lowest BCUT2D eigenvalue weighted by Crippen LogP contribution is -2.52. The molecule has 0 N–H and O–H groups in total. The van der Waals surface area contributed by atoms with Crippen LogP contribution in [0.15, 0.2) is 0 Å². The molecule has 1 heterocycles. The van der Waals surface area contributed by atoms with Crippen molar-refractivity contribution in [2.75, 3.05) is 0 Å². The second kappa shape index (κ2) is 4.24. The van der Waals surface area contributed by atoms with Gasteiger partial charge in [0.05, 0.1) is 12.2 Å². The van der Waals surface area contributed by atoms with Gasteiger partial charge in [-0.3, -0.25) is 0 Å². The maximum absolute atomic E-state index is 6.10. The lowest BCUT2D eigenvalue weighted by molar-refractivity contribution is -0.247. The fourth-order valence-electron chi connectivity index (χ4n) is 3.58. The predicted molar refractivity (Wildman–Crippen MR) is 66.8 cm³/mol. The second-order valence-electron chi connectivity index (χ2n) is 6.85. The Kier molecular flexibility index (Phi) is 2.99. The van der Waals surface area contributed by atoms with Gasteiger partial charge in [-0.15, -0.1) is 0 Å². The summed E-state index contributed by atoms with van der Waals surface area (Å²) in [6, 6.07) is 0. The molecule has 2 unspecified atom stereocenters. The molecule has 0 aromatic carbocycles. The Labute approximate surface area is 105 Å². The van der Waals surface area contributed by atoms with Gasteiger partial charge in [0.1, 0.15) is 0 Å². The monoisotopic (exact) mass is 236 g/mol. The molecular formula is C15H24O2. The third-order valence-corrected chi connectivity index (χ3v) is 4.86. The van der Waals surface area contributed by atoms with Crippen molar-refractivity contribution in [1.82, 2.24) is 0 Å². The van der Waals surface area contributed by atoms with E-state index in [0.29, 0.717) is 18.1 Å². The summed E-state index contributed by atoms with van der Waals surface area (Å²) in [5.74, 6) is 1.53. The standard InChI is InChI=1S/C15H24O2/c1-4-15(2,3)9-14-16-12-7-10-5-6-11(12)13(8-10)17-14/h10-13H,1,4-9H2,2-3H3. The van der Waals surface area contributed by atoms with E-state index >= 15 is 0 Å². The predicted octanol–water partition coefficient (Wildman–Crippen LogP) is 3.72. The average molecular weight is 236 g/mol. The lowest BCUT2D eigenvalue weighted by atomic mass is 9.66. The van der Waals surface area contributed by atoms with E-state index in [9.17, 15) is 0 Å². The van der Waals surface area contributed by atoms with Crippen LogP contribution in [0.2, 0.25) is 0 Å². The van der Waals surface area contributed by atoms with Crippen LogP contribution in [0, 0.1) is 30.5 Å². The van der Waals surface area contributed by atoms with Gasteiger partial charge in [0.15, 0.2) is 0 Å². The summed E-state index contributed by atoms with van der Waals surface area (Å²) in [5, 5.41) is 0. The van der Waals surface area contributed by atoms with Gasteiger partial charge in [-0.1, -0.05) is 20.8 Å². The number of fused-ring (bicyclic) bond motifs is 1. The largest absolute Gasteiger partial charge is 0.342 e. The van der Waals surface area contributed by atoms with Crippen LogP contribution < -0.4 is 0 Å². The molecule has 0 amide bonds. The first-order valence-electron chi connectivity index (χ1n) is 7.06. The van der Waals surface area contributed by atoms with Gasteiger partial charge in [0.25, 0.3) is 0 Å². The maximum Gasteiger partial charge on any atom is 0.224 e. The third-order valence-electron chi connectivity index (χ3n) is 4.86. The fraction of sp³-hybridized carbons (Fsp3) is 0.867. The van der Waals surface area contributed by atoms with Gasteiger partial charge in [0, 0.05) is 12.3 Å². The Balaban J connectivity index is 1.64. The van der Waals surface area contributed by atoms with Crippen molar-refractivity contribution in [2.24, 2.45) is 17.3 Å². The van der Waals surface area contributed by atoms with Gasteiger partial charge < -0.3 is 9.47 Å². The van der Waals surface area contributed by atoms with Crippen molar-refractivity contribution in [1.29, 1.82) is 0 Å². The summed E-state index contributed by atoms with van der Waals surface area (Å²) in [6.45, 7) is 8.47. The van der Waals surface area contributed by atoms with Crippen molar-refractivity contribution in [3.63, 3.8) is 0 Å². The van der Waals surface area contributed by atoms with E-state index in [4.69, 9.17) is 9.47 Å². The highest BCUT2D eigenvalue weighted by Crippen LogP contribution is 2.50. The smallest absolute Gasteiger partial charge is 0.224 e. The number of ether oxygens (including phenoxy) is 2. The summed E-state index contributed by atoms with van der Waals surface area (Å²) >= 11 is 0. The van der Waals surface area contributed by atoms with Gasteiger partial charge in [-0.2, -0.15) is 0 Å². The minimum Gasteiger partial charge on any atom is -0.342 e. The normalized spacial score (nSPS) is 41.8. The van der Waals surface area contributed by atoms with E-state index in [2.05, 4.69) is 20.8 Å². The zero-order valence-electron chi connectivity index (χ0n) is 11.1. The Bertz CT molecular complexity index is 271. The molecule has 1 saturated heterocycles. The van der Waals surface area contributed by atoms with Gasteiger partial charge in [0.2, 0.25) is 6.29 Å². The molecule has 2 nitrogen and oxygen atoms in total. The summed E-state index contributed by atoms with van der Waals surface area (Å²) in [5.41, 5.74) is 0.194. The Hall–Kier alpha value is -0.0800. The number of rotatable bonds is 3. The minimum absolute atomic E-state index is 0.194. The second-order valence-corrected chi connectivity index (χ2v) is 6.85. The summed E-state index contributed by atoms with van der Waals surface area (Å²) in [6.07, 6.45) is 8.86. The molecule has 1 aliphatic heterocycles. The van der Waals surface area contributed by atoms with E-state index in [0.717, 1.165) is 25.0 Å². The molecule has 96 valence electrons. The first-order chi connectivity index (χ1) is 8.07. The zero-order valence-corrected chi connectivity index (χ0v) is 11.1. The Morgan fingerprint density at radius 1 is 1.18 bits per heavy atom. The van der Waals surface area contributed by atoms with Crippen molar-refractivity contribution in [3.8, 4) is 0 Å². The Morgan fingerprint density at radius 2 is 1.82 bits per heavy atom. The molecule has 2 radical (unpaired) electrons. The van der Waals surface area contributed by atoms with Crippen molar-refractivity contribution >= 4 is 0 Å². The van der Waals surface area contributed by atoms with E-state index in [1.54, 1.807) is 0 Å². The highest BCUT2D eigenvalue weighted by atomic mass is 16.7. The van der Waals surface area contributed by atoms with E-state index in [1.165, 1.54) is 25.7 Å². The SMILES string of the molecule is [CH2]CC(C)(C)C[C]1OC2CC3CCC2C(C3)O1. The van der Waals surface area contributed by atoms with Gasteiger partial charge >= 0.3 is 0 Å². The third kappa shape index (κ3) is 2.26. The van der Waals surface area contributed by atoms with Gasteiger partial charge in [-0.25, -0.2) is 0 Å². The summed E-state index contributed by atoms with van der Waals surface area (Å²) < 4.78 is 12.2. The van der Waals surface area contributed by atoms with E-state index < -0.39 is 0 Å². The number of hydrogen-bond donors (Lipinski definition) is 0. The quantitative estimate of drug-likeness (QED) is 0.743. The first-order valence-corrected chi connectivity index (χ1v) is 7.06. The van der Waals surface area contributed by atoms with E-state index in [-0.39, 0.29) is 5.41 Å². The van der Waals surface area contributed by atoms with Crippen LogP contribution in [0.3, 0.4) is 0 Å². The van der Waals surface area contributed by atoms with Crippen LogP contribution in [0.4, 0.5) is 0 Å². The highest BCUT2D eigenvalue weighted by molar-refractivity contribution is 4.99. The zero-order chi connectivity index (χ0) is 12.0. The first kappa shape index (κ1) is 12.0. The number of hydrogen-bond acceptors (Lipinski definition) is 2. The molecule has 4 bridgehead atoms. The van der Waals surface area contributed by atoms with Crippen molar-refractivity contribution in [2.45, 2.75) is 64.6 Å². The van der Waals surface area contributed by atoms with E-state index in [1.807, 2.05) is 0 Å². The molecular weight excluding hydrogens is 212 g/mol. The molecule has 17 heavy (non-hydrogen) atoms. The molecule has 2 atom stereocenters. The molecule has 4 fully saturated rings. The summed E-state index contributed by atoms with van der Waals surface area (Å²) in [7, 11) is 0.